The molecule has 0 aliphatic carbocycles. The van der Waals surface area contributed by atoms with Gasteiger partial charge in [-0.25, -0.2) is 4.98 Å². The van der Waals surface area contributed by atoms with Crippen LogP contribution in [0.3, 0.4) is 0 Å². The summed E-state index contributed by atoms with van der Waals surface area (Å²) < 4.78 is 7.41. The molecular formula is C25H36N8O3. The van der Waals surface area contributed by atoms with Gasteiger partial charge in [0.2, 0.25) is 5.95 Å². The fraction of sp³-hybridized carbons (Fsp3) is 0.520. The molecule has 11 heteroatoms. The molecule has 2 aromatic heterocycles. The quantitative estimate of drug-likeness (QED) is 0.331. The van der Waals surface area contributed by atoms with E-state index >= 15 is 0 Å². The summed E-state index contributed by atoms with van der Waals surface area (Å²) in [5.74, 6) is 1.16. The van der Waals surface area contributed by atoms with Gasteiger partial charge in [0.1, 0.15) is 16.8 Å². The molecule has 1 saturated heterocycles. The standard InChI is InChI=1S/C25H36N8O3/c1-4-5-19(15-34)28-23-22-20(30-25(26)31-23)13-27-33(22)14-17-7-6-16(12-21(17)36-3)24(35)29-18-8-10-32(2)11-9-18/h6-7,12-13,18-19,34H,4-5,8-11,14-15H2,1-3H3,(H,29,35)(H3,26,28,30,31)/t19-/m0/s1. The van der Waals surface area contributed by atoms with E-state index in [4.69, 9.17) is 10.5 Å². The fourth-order valence-electron chi connectivity index (χ4n) is 4.59. The molecule has 1 fully saturated rings. The molecule has 11 nitrogen and oxygen atoms in total. The number of nitrogens with zero attached hydrogens (tertiary/aromatic N) is 5. The first-order valence-electron chi connectivity index (χ1n) is 12.4. The number of amides is 1. The summed E-state index contributed by atoms with van der Waals surface area (Å²) in [6.07, 6.45) is 5.23. The predicted octanol–water partition coefficient (Wildman–Crippen LogP) is 1.86. The molecule has 3 aromatic rings. The van der Waals surface area contributed by atoms with E-state index in [9.17, 15) is 9.90 Å². The maximum absolute atomic E-state index is 12.9. The maximum Gasteiger partial charge on any atom is 0.251 e. The van der Waals surface area contributed by atoms with Crippen molar-refractivity contribution in [2.45, 2.75) is 51.2 Å². The molecule has 0 bridgehead atoms. The van der Waals surface area contributed by atoms with Crippen LogP contribution in [0, 0.1) is 0 Å². The van der Waals surface area contributed by atoms with Crippen LogP contribution in [-0.2, 0) is 6.54 Å². The van der Waals surface area contributed by atoms with Crippen LogP contribution < -0.4 is 21.1 Å². The molecule has 3 heterocycles. The molecule has 1 aliphatic rings. The van der Waals surface area contributed by atoms with Crippen LogP contribution in [0.15, 0.2) is 24.4 Å². The van der Waals surface area contributed by atoms with E-state index in [0.29, 0.717) is 34.7 Å². The number of aliphatic hydroxyl groups excluding tert-OH is 1. The Morgan fingerprint density at radius 2 is 2.08 bits per heavy atom. The number of nitrogens with two attached hydrogens (primary N) is 1. The van der Waals surface area contributed by atoms with Crippen LogP contribution in [0.5, 0.6) is 5.75 Å². The second kappa shape index (κ2) is 11.5. The van der Waals surface area contributed by atoms with Crippen molar-refractivity contribution in [3.8, 4) is 5.75 Å². The van der Waals surface area contributed by atoms with Gasteiger partial charge in [-0.2, -0.15) is 10.1 Å². The van der Waals surface area contributed by atoms with Gasteiger partial charge in [-0.3, -0.25) is 9.48 Å². The minimum atomic E-state index is -0.159. The molecule has 0 radical (unpaired) electrons. The van der Waals surface area contributed by atoms with Gasteiger partial charge < -0.3 is 31.1 Å². The van der Waals surface area contributed by atoms with Gasteiger partial charge >= 0.3 is 0 Å². The lowest BCUT2D eigenvalue weighted by Gasteiger charge is -2.29. The maximum atomic E-state index is 12.9. The van der Waals surface area contributed by atoms with Crippen LogP contribution >= 0.6 is 0 Å². The predicted molar refractivity (Wildman–Crippen MR) is 139 cm³/mol. The molecule has 36 heavy (non-hydrogen) atoms. The zero-order valence-corrected chi connectivity index (χ0v) is 21.2. The molecule has 1 amide bonds. The molecule has 1 atom stereocenters. The molecule has 4 rings (SSSR count). The van der Waals surface area contributed by atoms with Crippen molar-refractivity contribution < 1.29 is 14.6 Å². The van der Waals surface area contributed by atoms with E-state index in [-0.39, 0.29) is 30.5 Å². The van der Waals surface area contributed by atoms with Gasteiger partial charge in [-0.1, -0.05) is 19.4 Å². The number of anilines is 2. The van der Waals surface area contributed by atoms with Crippen molar-refractivity contribution in [3.63, 3.8) is 0 Å². The van der Waals surface area contributed by atoms with Crippen molar-refractivity contribution in [2.24, 2.45) is 0 Å². The Kier molecular flexibility index (Phi) is 8.21. The third-order valence-electron chi connectivity index (χ3n) is 6.63. The van der Waals surface area contributed by atoms with Gasteiger partial charge in [0.15, 0.2) is 5.82 Å². The van der Waals surface area contributed by atoms with E-state index in [1.165, 1.54) is 0 Å². The van der Waals surface area contributed by atoms with E-state index in [2.05, 4.69) is 44.6 Å². The van der Waals surface area contributed by atoms with Crippen LogP contribution in [0.25, 0.3) is 11.0 Å². The van der Waals surface area contributed by atoms with Crippen molar-refractivity contribution in [3.05, 3.63) is 35.5 Å². The summed E-state index contributed by atoms with van der Waals surface area (Å²) in [6, 6.07) is 5.48. The first-order chi connectivity index (χ1) is 17.4. The van der Waals surface area contributed by atoms with E-state index < -0.39 is 0 Å². The summed E-state index contributed by atoms with van der Waals surface area (Å²) >= 11 is 0. The molecule has 5 N–H and O–H groups in total. The molecule has 1 aromatic carbocycles. The van der Waals surface area contributed by atoms with Gasteiger partial charge in [-0.15, -0.1) is 0 Å². The zero-order valence-electron chi connectivity index (χ0n) is 21.2. The van der Waals surface area contributed by atoms with Crippen molar-refractivity contribution in [2.75, 3.05) is 44.9 Å². The summed E-state index contributed by atoms with van der Waals surface area (Å²) in [5.41, 5.74) is 8.62. The average Bonchev–Trinajstić information content (AvgIpc) is 3.27. The molecule has 0 saturated carbocycles. The number of ether oxygens (including phenoxy) is 1. The Balaban J connectivity index is 1.56. The smallest absolute Gasteiger partial charge is 0.251 e. The number of nitrogens with one attached hydrogen (secondary N) is 2. The minimum Gasteiger partial charge on any atom is -0.496 e. The Bertz CT molecular complexity index is 1190. The zero-order chi connectivity index (χ0) is 25.7. The number of fused-ring (bicyclic) bond motifs is 1. The second-order valence-corrected chi connectivity index (χ2v) is 9.36. The molecule has 194 valence electrons. The lowest BCUT2D eigenvalue weighted by molar-refractivity contribution is 0.0916. The number of piperidine rings is 1. The summed E-state index contributed by atoms with van der Waals surface area (Å²) in [4.78, 5) is 23.8. The molecular weight excluding hydrogens is 460 g/mol. The van der Waals surface area contributed by atoms with Gasteiger partial charge in [-0.05, 0) is 51.5 Å². The number of carbonyl (C=O) groups excluding carboxylic acids is 1. The van der Waals surface area contributed by atoms with Gasteiger partial charge in [0, 0.05) is 17.2 Å². The summed E-state index contributed by atoms with van der Waals surface area (Å²) in [5, 5.41) is 20.7. The molecule has 1 aliphatic heterocycles. The van der Waals surface area contributed by atoms with Crippen LogP contribution in [0.4, 0.5) is 11.8 Å². The third kappa shape index (κ3) is 5.85. The lowest BCUT2D eigenvalue weighted by atomic mass is 10.0. The van der Waals surface area contributed by atoms with Crippen molar-refractivity contribution >= 4 is 28.7 Å². The second-order valence-electron chi connectivity index (χ2n) is 9.36. The first kappa shape index (κ1) is 25.6. The number of methoxy groups -OCH3 is 1. The Morgan fingerprint density at radius 1 is 1.31 bits per heavy atom. The first-order valence-corrected chi connectivity index (χ1v) is 12.4. The number of carbonyl (C=O) groups is 1. The fourth-order valence-corrected chi connectivity index (χ4v) is 4.59. The summed E-state index contributed by atoms with van der Waals surface area (Å²) in [7, 11) is 3.69. The number of likely N-dealkylation sites (tertiary alicyclic amines) is 1. The summed E-state index contributed by atoms with van der Waals surface area (Å²) in [6.45, 7) is 4.37. The van der Waals surface area contributed by atoms with Crippen molar-refractivity contribution in [1.29, 1.82) is 0 Å². The van der Waals surface area contributed by atoms with E-state index in [0.717, 1.165) is 44.3 Å². The average molecular weight is 497 g/mol. The number of aromatic nitrogens is 4. The monoisotopic (exact) mass is 496 g/mol. The highest BCUT2D eigenvalue weighted by molar-refractivity contribution is 5.95. The van der Waals surface area contributed by atoms with Gasteiger partial charge in [0.05, 0.1) is 32.5 Å². The Labute approximate surface area is 211 Å². The number of aliphatic hydroxyl groups is 1. The minimum absolute atomic E-state index is 0.0255. The number of benzene rings is 1. The third-order valence-corrected chi connectivity index (χ3v) is 6.63. The Hall–Kier alpha value is -3.44. The lowest BCUT2D eigenvalue weighted by Crippen LogP contribution is -2.43. The number of hydrogen-bond donors (Lipinski definition) is 4. The van der Waals surface area contributed by atoms with Gasteiger partial charge in [0.25, 0.3) is 5.91 Å². The SMILES string of the molecule is CCC[C@@H](CO)Nc1nc(N)nc2cnn(Cc3ccc(C(=O)NC4CCN(C)CC4)cc3OC)c12. The van der Waals surface area contributed by atoms with E-state index in [1.807, 2.05) is 12.1 Å². The molecule has 0 unspecified atom stereocenters. The number of hydrogen-bond acceptors (Lipinski definition) is 9. The highest BCUT2D eigenvalue weighted by Crippen LogP contribution is 2.27. The van der Waals surface area contributed by atoms with Crippen molar-refractivity contribution in [1.82, 2.24) is 30.0 Å². The largest absolute Gasteiger partial charge is 0.496 e. The Morgan fingerprint density at radius 3 is 2.78 bits per heavy atom. The van der Waals surface area contributed by atoms with Crippen LogP contribution in [0.2, 0.25) is 0 Å². The number of rotatable bonds is 10. The molecule has 0 spiro atoms. The highest BCUT2D eigenvalue weighted by Gasteiger charge is 2.21. The topological polar surface area (TPSA) is 143 Å². The normalized spacial score (nSPS) is 15.7. The van der Waals surface area contributed by atoms with Crippen LogP contribution in [-0.4, -0.2) is 81.6 Å². The highest BCUT2D eigenvalue weighted by atomic mass is 16.5. The van der Waals surface area contributed by atoms with Crippen LogP contribution in [0.1, 0.15) is 48.5 Å². The van der Waals surface area contributed by atoms with E-state index in [1.54, 1.807) is 24.1 Å². The number of nitrogen functional groups attached to an aromatic ring is 1.